The maximum absolute atomic E-state index is 2.63. The Bertz CT molecular complexity index is 894. The summed E-state index contributed by atoms with van der Waals surface area (Å²) in [5.74, 6) is 1.31. The van der Waals surface area contributed by atoms with Crippen molar-refractivity contribution in [2.75, 3.05) is 0 Å². The van der Waals surface area contributed by atoms with Gasteiger partial charge in [-0.15, -0.1) is 58.0 Å². The summed E-state index contributed by atoms with van der Waals surface area (Å²) in [7, 11) is -0.359. The fourth-order valence-corrected chi connectivity index (χ4v) is 7.25. The predicted molar refractivity (Wildman–Crippen MR) is 110 cm³/mol. The van der Waals surface area contributed by atoms with Gasteiger partial charge >= 0.3 is 21.7 Å². The molecule has 0 saturated heterocycles. The molecule has 0 aliphatic heterocycles. The van der Waals surface area contributed by atoms with Crippen LogP contribution in [0.2, 0.25) is 0 Å². The van der Waals surface area contributed by atoms with E-state index in [0.29, 0.717) is 17.5 Å². The minimum atomic E-state index is -0.359. The number of benzene rings is 2. The van der Waals surface area contributed by atoms with E-state index in [1.807, 2.05) is 0 Å². The normalized spacial score (nSPS) is 23.2. The monoisotopic (exact) mass is 458 g/mol. The first kappa shape index (κ1) is 23.5. The average Bonchev–Trinajstić information content (AvgIpc) is 3.26. The molecule has 2 aliphatic rings. The molecule has 5 rings (SSSR count). The molecule has 28 heavy (non-hydrogen) atoms. The second kappa shape index (κ2) is 10.3. The van der Waals surface area contributed by atoms with Crippen molar-refractivity contribution in [3.8, 4) is 0 Å². The molecule has 1 fully saturated rings. The Morgan fingerprint density at radius 1 is 0.857 bits per heavy atom. The van der Waals surface area contributed by atoms with Crippen molar-refractivity contribution in [2.45, 2.75) is 12.1 Å². The van der Waals surface area contributed by atoms with Crippen molar-refractivity contribution in [1.29, 1.82) is 0 Å². The number of allylic oxidation sites excluding steroid dienone is 4. The average molecular weight is 459 g/mol. The van der Waals surface area contributed by atoms with Gasteiger partial charge in [0, 0.05) is 0 Å². The van der Waals surface area contributed by atoms with Crippen LogP contribution in [0.1, 0.15) is 6.42 Å². The Kier molecular flexibility index (Phi) is 8.68. The smallest absolute Gasteiger partial charge is 1.00 e. The number of hydrogen-bond acceptors (Lipinski definition) is 0. The molecule has 0 bridgehead atoms. The van der Waals surface area contributed by atoms with Crippen LogP contribution in [0.4, 0.5) is 0 Å². The van der Waals surface area contributed by atoms with E-state index in [1.165, 1.54) is 27.8 Å². The summed E-state index contributed by atoms with van der Waals surface area (Å²) in [6.45, 7) is 0. The van der Waals surface area contributed by atoms with Crippen LogP contribution >= 0.6 is 7.92 Å². The second-order valence-electron chi connectivity index (χ2n) is 7.05. The fourth-order valence-electron chi connectivity index (χ4n) is 4.31. The van der Waals surface area contributed by atoms with Gasteiger partial charge in [0.1, 0.15) is 0 Å². The number of fused-ring (bicyclic) bond motifs is 2. The first-order valence-corrected chi connectivity index (χ1v) is 10.5. The Morgan fingerprint density at radius 2 is 1.57 bits per heavy atom. The number of hydrogen-bond donors (Lipinski definition) is 0. The van der Waals surface area contributed by atoms with Gasteiger partial charge in [0.15, 0.2) is 0 Å². The van der Waals surface area contributed by atoms with Gasteiger partial charge in [0.25, 0.3) is 0 Å². The van der Waals surface area contributed by atoms with Crippen LogP contribution < -0.4 is 35.4 Å². The Balaban J connectivity index is 0.000000934. The van der Waals surface area contributed by atoms with Gasteiger partial charge in [-0.2, -0.15) is 6.07 Å². The maximum atomic E-state index is 2.63. The summed E-state index contributed by atoms with van der Waals surface area (Å²) in [5.41, 5.74) is 0.650. The molecular formula is C24H21Cl2PTi. The molecule has 0 nitrogen and oxygen atoms in total. The van der Waals surface area contributed by atoms with Crippen LogP contribution in [-0.4, -0.2) is 5.66 Å². The Morgan fingerprint density at radius 3 is 2.32 bits per heavy atom. The van der Waals surface area contributed by atoms with Crippen molar-refractivity contribution in [3.05, 3.63) is 97.5 Å². The van der Waals surface area contributed by atoms with Crippen LogP contribution in [0.3, 0.4) is 0 Å². The molecule has 3 aromatic rings. The molecule has 3 aromatic carbocycles. The van der Waals surface area contributed by atoms with Gasteiger partial charge in [-0.05, 0) is 11.2 Å². The largest absolute Gasteiger partial charge is 4.00 e. The van der Waals surface area contributed by atoms with E-state index in [2.05, 4.69) is 97.5 Å². The number of halogens is 2. The molecule has 0 heterocycles. The minimum Gasteiger partial charge on any atom is -1.00 e. The third kappa shape index (κ3) is 4.53. The fraction of sp³-hybridized carbons (Fsp3) is 0.167. The molecule has 0 amide bonds. The summed E-state index contributed by atoms with van der Waals surface area (Å²) < 4.78 is 0. The zero-order valence-corrected chi connectivity index (χ0v) is 19.3. The van der Waals surface area contributed by atoms with Crippen molar-refractivity contribution >= 4 is 29.3 Å². The van der Waals surface area contributed by atoms with E-state index in [9.17, 15) is 0 Å². The molecule has 0 radical (unpaired) electrons. The summed E-state index contributed by atoms with van der Waals surface area (Å²) in [4.78, 5) is 0. The molecule has 0 N–H and O–H groups in total. The van der Waals surface area contributed by atoms with E-state index in [-0.39, 0.29) is 54.5 Å². The summed E-state index contributed by atoms with van der Waals surface area (Å²) >= 11 is 0. The van der Waals surface area contributed by atoms with E-state index in [0.717, 1.165) is 0 Å². The van der Waals surface area contributed by atoms with Crippen LogP contribution in [0, 0.1) is 18.3 Å². The quantitative estimate of drug-likeness (QED) is 0.277. The van der Waals surface area contributed by atoms with E-state index < -0.39 is 0 Å². The summed E-state index contributed by atoms with van der Waals surface area (Å²) in [6, 6.07) is 24.8. The minimum absolute atomic E-state index is 0. The maximum Gasteiger partial charge on any atom is 4.00 e. The van der Waals surface area contributed by atoms with E-state index >= 15 is 0 Å². The molecule has 1 saturated carbocycles. The van der Waals surface area contributed by atoms with Crippen LogP contribution in [0.25, 0.3) is 10.8 Å². The zero-order chi connectivity index (χ0) is 16.6. The summed E-state index contributed by atoms with van der Waals surface area (Å²) in [5, 5.41) is 5.77. The van der Waals surface area contributed by atoms with Gasteiger partial charge in [-0.3, -0.25) is 0 Å². The van der Waals surface area contributed by atoms with Crippen molar-refractivity contribution in [1.82, 2.24) is 0 Å². The third-order valence-corrected chi connectivity index (χ3v) is 8.22. The molecule has 4 heteroatoms. The number of rotatable bonds is 3. The molecule has 4 atom stereocenters. The van der Waals surface area contributed by atoms with E-state index in [1.54, 1.807) is 0 Å². The first-order valence-electron chi connectivity index (χ1n) is 9.08. The van der Waals surface area contributed by atoms with Crippen molar-refractivity contribution in [3.63, 3.8) is 0 Å². The van der Waals surface area contributed by atoms with Gasteiger partial charge in [0.05, 0.1) is 0 Å². The van der Waals surface area contributed by atoms with Gasteiger partial charge in [-0.1, -0.05) is 69.0 Å². The van der Waals surface area contributed by atoms with E-state index in [4.69, 9.17) is 0 Å². The van der Waals surface area contributed by atoms with Crippen LogP contribution in [0.5, 0.6) is 0 Å². The molecular weight excluding hydrogens is 438 g/mol. The van der Waals surface area contributed by atoms with Crippen LogP contribution in [0.15, 0.2) is 91.0 Å². The summed E-state index contributed by atoms with van der Waals surface area (Å²) in [6.07, 6.45) is 13.1. The molecule has 140 valence electrons. The first-order chi connectivity index (χ1) is 12.4. The predicted octanol–water partition coefficient (Wildman–Crippen LogP) is -0.668. The molecule has 0 spiro atoms. The van der Waals surface area contributed by atoms with Gasteiger partial charge < -0.3 is 31.2 Å². The second-order valence-corrected chi connectivity index (χ2v) is 9.49. The Hall–Kier alpha value is -0.746. The molecule has 4 unspecified atom stereocenters. The zero-order valence-electron chi connectivity index (χ0n) is 15.4. The topological polar surface area (TPSA) is 0 Å². The van der Waals surface area contributed by atoms with Crippen molar-refractivity contribution in [2.24, 2.45) is 11.8 Å². The third-order valence-electron chi connectivity index (χ3n) is 5.50. The standard InChI is InChI=1S/C24H21P.2ClH.Ti/c1-2-12-22(13-3-1)25(23-14-18-8-4-5-9-19(18)15-23)24-16-20-10-6-7-11-21(20)17-24;;;/h1-16,20-21,24H,17H2;2*1H;/q-2;;;+4/p-2. The van der Waals surface area contributed by atoms with Crippen LogP contribution in [-0.2, 0) is 21.7 Å². The van der Waals surface area contributed by atoms with Gasteiger partial charge in [-0.25, -0.2) is 0 Å². The Labute approximate surface area is 196 Å². The SMILES string of the molecule is C1=CC2[CH-]C(P(c3ccccc3)c3cc4ccccc4[cH-]3)CC2C=C1.[Cl-].[Cl-].[Ti+4]. The molecule has 0 aromatic heterocycles. The molecule has 2 aliphatic carbocycles. The van der Waals surface area contributed by atoms with Crippen molar-refractivity contribution < 1.29 is 46.5 Å². The van der Waals surface area contributed by atoms with Gasteiger partial charge in [0.2, 0.25) is 0 Å².